The molecule has 0 saturated carbocycles. The number of fused-ring (bicyclic) bond motifs is 1. The molecule has 2 heterocycles. The number of carbonyl (C=O) groups excluding carboxylic acids is 1. The van der Waals surface area contributed by atoms with Gasteiger partial charge in [-0.1, -0.05) is 13.8 Å². The minimum absolute atomic E-state index is 0.134. The molecule has 3 nitrogen and oxygen atoms in total. The highest BCUT2D eigenvalue weighted by Gasteiger charge is 2.24. The lowest BCUT2D eigenvalue weighted by Gasteiger charge is -2.27. The molecule has 82 valence electrons. The Balaban J connectivity index is 2.42. The maximum Gasteiger partial charge on any atom is 0.224 e. The zero-order valence-corrected chi connectivity index (χ0v) is 10.1. The summed E-state index contributed by atoms with van der Waals surface area (Å²) in [6.07, 6.45) is 0. The van der Waals surface area contributed by atoms with Crippen molar-refractivity contribution in [3.63, 3.8) is 0 Å². The van der Waals surface area contributed by atoms with Gasteiger partial charge in [-0.05, 0) is 16.9 Å². The maximum atomic E-state index is 11.4. The summed E-state index contributed by atoms with van der Waals surface area (Å²) in [7, 11) is 0. The Hall–Kier alpha value is -1.03. The van der Waals surface area contributed by atoms with Crippen LogP contribution in [0.15, 0.2) is 5.38 Å². The number of rotatable bonds is 1. The number of amides is 1. The largest absolute Gasteiger partial charge is 0.381 e. The van der Waals surface area contributed by atoms with Gasteiger partial charge < -0.3 is 10.2 Å². The number of nitrogens with one attached hydrogen (secondary N) is 1. The number of carbonyl (C=O) groups is 1. The standard InChI is InChI=1S/C11H16N2OS/c1-7(2)9-6-15-11-10(9)12-4-5-13(11)8(3)14/h6-7,12H,4-5H2,1-3H3. The maximum absolute atomic E-state index is 11.4. The van der Waals surface area contributed by atoms with E-state index in [4.69, 9.17) is 0 Å². The minimum Gasteiger partial charge on any atom is -0.381 e. The third-order valence-corrected chi connectivity index (χ3v) is 3.70. The van der Waals surface area contributed by atoms with Gasteiger partial charge in [0.05, 0.1) is 5.69 Å². The molecule has 0 aromatic carbocycles. The second-order valence-corrected chi connectivity index (χ2v) is 4.98. The van der Waals surface area contributed by atoms with Gasteiger partial charge in [0.15, 0.2) is 0 Å². The number of anilines is 2. The van der Waals surface area contributed by atoms with Gasteiger partial charge in [0.25, 0.3) is 0 Å². The summed E-state index contributed by atoms with van der Waals surface area (Å²) < 4.78 is 0. The molecule has 1 aliphatic heterocycles. The molecular weight excluding hydrogens is 208 g/mol. The zero-order valence-electron chi connectivity index (χ0n) is 9.33. The van der Waals surface area contributed by atoms with Crippen LogP contribution in [-0.4, -0.2) is 19.0 Å². The molecule has 2 rings (SSSR count). The van der Waals surface area contributed by atoms with Crippen molar-refractivity contribution in [3.05, 3.63) is 10.9 Å². The Morgan fingerprint density at radius 1 is 1.60 bits per heavy atom. The normalized spacial score (nSPS) is 15.1. The Morgan fingerprint density at radius 2 is 2.33 bits per heavy atom. The minimum atomic E-state index is 0.134. The summed E-state index contributed by atoms with van der Waals surface area (Å²) in [5, 5.41) is 6.63. The lowest BCUT2D eigenvalue weighted by atomic mass is 10.0. The van der Waals surface area contributed by atoms with Gasteiger partial charge in [0.1, 0.15) is 5.00 Å². The number of nitrogens with zero attached hydrogens (tertiary/aromatic N) is 1. The van der Waals surface area contributed by atoms with Gasteiger partial charge >= 0.3 is 0 Å². The van der Waals surface area contributed by atoms with Crippen LogP contribution in [0.2, 0.25) is 0 Å². The molecule has 1 aliphatic rings. The van der Waals surface area contributed by atoms with E-state index in [2.05, 4.69) is 24.5 Å². The van der Waals surface area contributed by atoms with Gasteiger partial charge in [0.2, 0.25) is 5.91 Å². The van der Waals surface area contributed by atoms with Gasteiger partial charge in [0, 0.05) is 20.0 Å². The monoisotopic (exact) mass is 224 g/mol. The molecule has 1 aromatic rings. The molecule has 0 saturated heterocycles. The highest BCUT2D eigenvalue weighted by Crippen LogP contribution is 2.41. The molecule has 1 amide bonds. The van der Waals surface area contributed by atoms with Crippen LogP contribution in [0.5, 0.6) is 0 Å². The van der Waals surface area contributed by atoms with Crippen LogP contribution in [-0.2, 0) is 4.79 Å². The highest BCUT2D eigenvalue weighted by molar-refractivity contribution is 7.15. The predicted octanol–water partition coefficient (Wildman–Crippen LogP) is 2.65. The zero-order chi connectivity index (χ0) is 11.0. The highest BCUT2D eigenvalue weighted by atomic mass is 32.1. The van der Waals surface area contributed by atoms with Crippen LogP contribution >= 0.6 is 11.3 Å². The van der Waals surface area contributed by atoms with Gasteiger partial charge in [-0.15, -0.1) is 11.3 Å². The van der Waals surface area contributed by atoms with Crippen molar-refractivity contribution in [2.75, 3.05) is 23.3 Å². The number of thiophene rings is 1. The molecule has 0 aliphatic carbocycles. The van der Waals surface area contributed by atoms with Gasteiger partial charge in [-0.25, -0.2) is 0 Å². The van der Waals surface area contributed by atoms with E-state index in [0.29, 0.717) is 5.92 Å². The summed E-state index contributed by atoms with van der Waals surface area (Å²) in [5.74, 6) is 0.638. The molecule has 4 heteroatoms. The second-order valence-electron chi connectivity index (χ2n) is 4.12. The summed E-state index contributed by atoms with van der Waals surface area (Å²) >= 11 is 1.66. The first-order chi connectivity index (χ1) is 7.11. The van der Waals surface area contributed by atoms with E-state index in [0.717, 1.165) is 23.8 Å². The van der Waals surface area contributed by atoms with E-state index in [1.165, 1.54) is 5.56 Å². The molecular formula is C11H16N2OS. The van der Waals surface area contributed by atoms with Crippen LogP contribution < -0.4 is 10.2 Å². The van der Waals surface area contributed by atoms with Crippen LogP contribution in [0.3, 0.4) is 0 Å². The van der Waals surface area contributed by atoms with E-state index < -0.39 is 0 Å². The average molecular weight is 224 g/mol. The van der Waals surface area contributed by atoms with Gasteiger partial charge in [-0.2, -0.15) is 0 Å². The summed E-state index contributed by atoms with van der Waals surface area (Å²) in [6, 6.07) is 0. The molecule has 1 N–H and O–H groups in total. The van der Waals surface area contributed by atoms with E-state index in [1.54, 1.807) is 18.3 Å². The number of hydrogen-bond donors (Lipinski definition) is 1. The van der Waals surface area contributed by atoms with E-state index in [-0.39, 0.29) is 5.91 Å². The Kier molecular flexibility index (Phi) is 2.69. The molecule has 0 spiro atoms. The van der Waals surface area contributed by atoms with Crippen molar-refractivity contribution in [3.8, 4) is 0 Å². The van der Waals surface area contributed by atoms with Crippen molar-refractivity contribution < 1.29 is 4.79 Å². The average Bonchev–Trinajstić information content (AvgIpc) is 2.59. The first kappa shape index (κ1) is 10.5. The third kappa shape index (κ3) is 1.74. The molecule has 0 radical (unpaired) electrons. The van der Waals surface area contributed by atoms with Crippen LogP contribution in [0.25, 0.3) is 0 Å². The van der Waals surface area contributed by atoms with Gasteiger partial charge in [-0.3, -0.25) is 4.79 Å². The SMILES string of the molecule is CC(=O)N1CCNc2c(C(C)C)csc21. The molecule has 1 aromatic heterocycles. The predicted molar refractivity (Wildman–Crippen MR) is 64.9 cm³/mol. The fourth-order valence-corrected chi connectivity index (χ4v) is 3.14. The van der Waals surface area contributed by atoms with Crippen molar-refractivity contribution in [2.24, 2.45) is 0 Å². The molecule has 0 atom stereocenters. The van der Waals surface area contributed by atoms with Crippen molar-refractivity contribution in [1.29, 1.82) is 0 Å². The second kappa shape index (κ2) is 3.85. The van der Waals surface area contributed by atoms with E-state index >= 15 is 0 Å². The first-order valence-electron chi connectivity index (χ1n) is 5.24. The summed E-state index contributed by atoms with van der Waals surface area (Å²) in [5.41, 5.74) is 2.48. The quantitative estimate of drug-likeness (QED) is 0.795. The molecule has 0 bridgehead atoms. The Labute approximate surface area is 94.1 Å². The van der Waals surface area contributed by atoms with Crippen molar-refractivity contribution >= 4 is 27.9 Å². The lowest BCUT2D eigenvalue weighted by molar-refractivity contribution is -0.116. The molecule has 15 heavy (non-hydrogen) atoms. The van der Waals surface area contributed by atoms with Crippen LogP contribution in [0, 0.1) is 0 Å². The van der Waals surface area contributed by atoms with E-state index in [1.807, 2.05) is 4.90 Å². The Bertz CT molecular complexity index is 384. The van der Waals surface area contributed by atoms with Crippen LogP contribution in [0.1, 0.15) is 32.3 Å². The van der Waals surface area contributed by atoms with Crippen molar-refractivity contribution in [1.82, 2.24) is 0 Å². The summed E-state index contributed by atoms with van der Waals surface area (Å²) in [4.78, 5) is 13.3. The first-order valence-corrected chi connectivity index (χ1v) is 6.12. The fraction of sp³-hybridized carbons (Fsp3) is 0.545. The van der Waals surface area contributed by atoms with Crippen LogP contribution in [0.4, 0.5) is 10.7 Å². The fourth-order valence-electron chi connectivity index (χ4n) is 1.86. The van der Waals surface area contributed by atoms with Crippen molar-refractivity contribution in [2.45, 2.75) is 26.7 Å². The Morgan fingerprint density at radius 3 is 2.93 bits per heavy atom. The topological polar surface area (TPSA) is 32.3 Å². The molecule has 0 fully saturated rings. The smallest absolute Gasteiger partial charge is 0.224 e. The molecule has 0 unspecified atom stereocenters. The lowest BCUT2D eigenvalue weighted by Crippen LogP contribution is -2.36. The summed E-state index contributed by atoms with van der Waals surface area (Å²) in [6.45, 7) is 7.61. The van der Waals surface area contributed by atoms with E-state index in [9.17, 15) is 4.79 Å². The number of hydrogen-bond acceptors (Lipinski definition) is 3. The third-order valence-electron chi connectivity index (χ3n) is 2.68.